The van der Waals surface area contributed by atoms with Crippen molar-refractivity contribution >= 4 is 45.1 Å². The lowest BCUT2D eigenvalue weighted by atomic mass is 10.1. The summed E-state index contributed by atoms with van der Waals surface area (Å²) in [6, 6.07) is 16.7. The Morgan fingerprint density at radius 2 is 1.90 bits per heavy atom. The largest absolute Gasteiger partial charge is 0.253 e. The smallest absolute Gasteiger partial charge is 0.124 e. The van der Waals surface area contributed by atoms with Gasteiger partial charge in [-0.2, -0.15) is 0 Å². The summed E-state index contributed by atoms with van der Waals surface area (Å²) in [7, 11) is 0. The summed E-state index contributed by atoms with van der Waals surface area (Å²) in [5.74, 6) is -0.240. The number of hydrogen-bond acceptors (Lipinski definition) is 1. The Hall–Kier alpha value is -1.20. The molecule has 0 N–H and O–H groups in total. The van der Waals surface area contributed by atoms with Gasteiger partial charge in [0.25, 0.3) is 0 Å². The van der Waals surface area contributed by atoms with E-state index in [0.29, 0.717) is 6.42 Å². The molecule has 0 bridgehead atoms. The Bertz CT molecular complexity index is 791. The van der Waals surface area contributed by atoms with Crippen molar-refractivity contribution < 1.29 is 4.39 Å². The minimum atomic E-state index is -0.240. The highest BCUT2D eigenvalue weighted by molar-refractivity contribution is 14.1. The molecule has 1 atom stereocenters. The molecule has 106 valence electrons. The first-order valence-corrected chi connectivity index (χ1v) is 8.09. The summed E-state index contributed by atoms with van der Waals surface area (Å²) in [6.45, 7) is 0. The van der Waals surface area contributed by atoms with Gasteiger partial charge in [-0.25, -0.2) is 4.39 Å². The van der Waals surface area contributed by atoms with Crippen molar-refractivity contribution in [2.45, 2.75) is 11.8 Å². The summed E-state index contributed by atoms with van der Waals surface area (Å²) < 4.78 is 14.0. The normalized spacial score (nSPS) is 12.5. The molecule has 0 spiro atoms. The number of aromatic nitrogens is 1. The Morgan fingerprint density at radius 3 is 2.71 bits per heavy atom. The lowest BCUT2D eigenvalue weighted by molar-refractivity contribution is 0.625. The SMILES string of the molecule is Fc1ccc(C(Cl)Cc2ccc3ccccc3n2)c(I)c1. The van der Waals surface area contributed by atoms with Crippen molar-refractivity contribution in [1.29, 1.82) is 0 Å². The number of benzene rings is 2. The van der Waals surface area contributed by atoms with Crippen molar-refractivity contribution in [1.82, 2.24) is 4.98 Å². The van der Waals surface area contributed by atoms with Crippen LogP contribution in [0.5, 0.6) is 0 Å². The van der Waals surface area contributed by atoms with Crippen LogP contribution in [0.4, 0.5) is 4.39 Å². The maximum absolute atomic E-state index is 13.2. The van der Waals surface area contributed by atoms with E-state index in [4.69, 9.17) is 11.6 Å². The van der Waals surface area contributed by atoms with Crippen molar-refractivity contribution in [3.63, 3.8) is 0 Å². The molecule has 0 saturated carbocycles. The van der Waals surface area contributed by atoms with Gasteiger partial charge in [-0.3, -0.25) is 4.98 Å². The fourth-order valence-electron chi connectivity index (χ4n) is 2.27. The maximum Gasteiger partial charge on any atom is 0.124 e. The molecule has 0 aliphatic carbocycles. The van der Waals surface area contributed by atoms with Crippen LogP contribution in [0, 0.1) is 9.39 Å². The minimum Gasteiger partial charge on any atom is -0.253 e. The van der Waals surface area contributed by atoms with Gasteiger partial charge in [-0.05, 0) is 52.4 Å². The summed E-state index contributed by atoms with van der Waals surface area (Å²) >= 11 is 8.60. The number of alkyl halides is 1. The van der Waals surface area contributed by atoms with Crippen LogP contribution < -0.4 is 0 Å². The maximum atomic E-state index is 13.2. The van der Waals surface area contributed by atoms with Crippen molar-refractivity contribution in [3.8, 4) is 0 Å². The topological polar surface area (TPSA) is 12.9 Å². The molecule has 21 heavy (non-hydrogen) atoms. The fraction of sp³-hybridized carbons (Fsp3) is 0.118. The molecule has 1 nitrogen and oxygen atoms in total. The Labute approximate surface area is 141 Å². The third-order valence-electron chi connectivity index (χ3n) is 3.34. The van der Waals surface area contributed by atoms with E-state index in [1.54, 1.807) is 6.07 Å². The summed E-state index contributed by atoms with van der Waals surface area (Å²) in [4.78, 5) is 4.63. The molecule has 1 unspecified atom stereocenters. The molecule has 3 aromatic rings. The van der Waals surface area contributed by atoms with E-state index in [1.165, 1.54) is 12.1 Å². The Kier molecular flexibility index (Phi) is 4.40. The van der Waals surface area contributed by atoms with Gasteiger partial charge in [-0.1, -0.05) is 30.3 Å². The second kappa shape index (κ2) is 6.28. The molecular weight excluding hydrogens is 400 g/mol. The Balaban J connectivity index is 1.87. The first-order valence-electron chi connectivity index (χ1n) is 6.57. The number of para-hydroxylation sites is 1. The quantitative estimate of drug-likeness (QED) is 0.409. The van der Waals surface area contributed by atoms with Gasteiger partial charge in [0, 0.05) is 21.1 Å². The molecule has 0 aliphatic heterocycles. The molecule has 2 aromatic carbocycles. The van der Waals surface area contributed by atoms with Crippen LogP contribution in [-0.4, -0.2) is 4.98 Å². The van der Waals surface area contributed by atoms with Crippen molar-refractivity contribution in [2.75, 3.05) is 0 Å². The molecule has 0 saturated heterocycles. The van der Waals surface area contributed by atoms with Crippen LogP contribution in [0.1, 0.15) is 16.6 Å². The van der Waals surface area contributed by atoms with Crippen LogP contribution in [0.15, 0.2) is 54.6 Å². The van der Waals surface area contributed by atoms with Crippen molar-refractivity contribution in [2.24, 2.45) is 0 Å². The zero-order valence-electron chi connectivity index (χ0n) is 11.1. The first kappa shape index (κ1) is 14.7. The highest BCUT2D eigenvalue weighted by Crippen LogP contribution is 2.29. The average Bonchev–Trinajstić information content (AvgIpc) is 2.47. The van der Waals surface area contributed by atoms with Crippen LogP contribution in [-0.2, 0) is 6.42 Å². The molecule has 0 amide bonds. The second-order valence-electron chi connectivity index (χ2n) is 4.83. The van der Waals surface area contributed by atoms with Crippen molar-refractivity contribution in [3.05, 3.63) is 75.2 Å². The van der Waals surface area contributed by atoms with Gasteiger partial charge in [0.05, 0.1) is 10.9 Å². The van der Waals surface area contributed by atoms with Crippen LogP contribution >= 0.6 is 34.2 Å². The molecular formula is C17H12ClFIN. The van der Waals surface area contributed by atoms with E-state index in [1.807, 2.05) is 30.3 Å². The summed E-state index contributed by atoms with van der Waals surface area (Å²) in [5, 5.41) is 0.898. The number of nitrogens with zero attached hydrogens (tertiary/aromatic N) is 1. The summed E-state index contributed by atoms with van der Waals surface area (Å²) in [5.41, 5.74) is 2.84. The number of pyridine rings is 1. The molecule has 0 aliphatic rings. The van der Waals surface area contributed by atoms with E-state index in [9.17, 15) is 4.39 Å². The zero-order chi connectivity index (χ0) is 14.8. The highest BCUT2D eigenvalue weighted by Gasteiger charge is 2.14. The monoisotopic (exact) mass is 411 g/mol. The van der Waals surface area contributed by atoms with Crippen LogP contribution in [0.3, 0.4) is 0 Å². The third-order valence-corrected chi connectivity index (χ3v) is 4.67. The van der Waals surface area contributed by atoms with E-state index in [-0.39, 0.29) is 11.2 Å². The van der Waals surface area contributed by atoms with Gasteiger partial charge in [0.2, 0.25) is 0 Å². The van der Waals surface area contributed by atoms with E-state index in [2.05, 4.69) is 33.6 Å². The van der Waals surface area contributed by atoms with E-state index >= 15 is 0 Å². The number of halogens is 3. The van der Waals surface area contributed by atoms with E-state index < -0.39 is 0 Å². The number of fused-ring (bicyclic) bond motifs is 1. The van der Waals surface area contributed by atoms with Crippen LogP contribution in [0.2, 0.25) is 0 Å². The molecule has 1 heterocycles. The average molecular weight is 412 g/mol. The van der Waals surface area contributed by atoms with E-state index in [0.717, 1.165) is 25.7 Å². The number of rotatable bonds is 3. The second-order valence-corrected chi connectivity index (χ2v) is 6.52. The highest BCUT2D eigenvalue weighted by atomic mass is 127. The number of hydrogen-bond donors (Lipinski definition) is 0. The van der Waals surface area contributed by atoms with Gasteiger partial charge in [-0.15, -0.1) is 11.6 Å². The minimum absolute atomic E-state index is 0.217. The third kappa shape index (κ3) is 3.35. The molecule has 0 radical (unpaired) electrons. The van der Waals surface area contributed by atoms with Gasteiger partial charge in [0.1, 0.15) is 5.82 Å². The lowest BCUT2D eigenvalue weighted by Crippen LogP contribution is -2.01. The van der Waals surface area contributed by atoms with Crippen LogP contribution in [0.25, 0.3) is 10.9 Å². The standard InChI is InChI=1S/C17H12ClFIN/c18-15(14-8-6-12(19)9-16(14)20)10-13-7-5-11-3-1-2-4-17(11)21-13/h1-9,15H,10H2. The zero-order valence-corrected chi connectivity index (χ0v) is 14.0. The lowest BCUT2D eigenvalue weighted by Gasteiger charge is -2.12. The predicted octanol–water partition coefficient (Wildman–Crippen LogP) is 5.50. The van der Waals surface area contributed by atoms with Gasteiger partial charge >= 0.3 is 0 Å². The van der Waals surface area contributed by atoms with Gasteiger partial charge < -0.3 is 0 Å². The first-order chi connectivity index (χ1) is 10.1. The Morgan fingerprint density at radius 1 is 1.10 bits per heavy atom. The summed E-state index contributed by atoms with van der Waals surface area (Å²) in [6.07, 6.45) is 0.619. The molecule has 0 fully saturated rings. The van der Waals surface area contributed by atoms with Gasteiger partial charge in [0.15, 0.2) is 0 Å². The predicted molar refractivity (Wildman–Crippen MR) is 93.2 cm³/mol. The molecule has 1 aromatic heterocycles. The molecule has 3 rings (SSSR count). The fourth-order valence-corrected chi connectivity index (χ4v) is 3.66. The molecule has 4 heteroatoms.